The fraction of sp³-hybridized carbons (Fsp3) is 1.00. The van der Waals surface area contributed by atoms with Crippen molar-refractivity contribution in [3.05, 3.63) is 0 Å². The Kier molecular flexibility index (Phi) is 10.0. The summed E-state index contributed by atoms with van der Waals surface area (Å²) in [6.45, 7) is 18.8. The van der Waals surface area contributed by atoms with Gasteiger partial charge in [-0.05, 0) is 39.5 Å². The average molecular weight is 399 g/mol. The summed E-state index contributed by atoms with van der Waals surface area (Å²) in [5.74, 6) is 0. The molecule has 0 bridgehead atoms. The molecule has 0 aliphatic rings. The van der Waals surface area contributed by atoms with Crippen LogP contribution in [0.4, 0.5) is 0 Å². The van der Waals surface area contributed by atoms with Crippen molar-refractivity contribution in [3.63, 3.8) is 0 Å². The summed E-state index contributed by atoms with van der Waals surface area (Å²) >= 11 is 3.49. The summed E-state index contributed by atoms with van der Waals surface area (Å²) in [7, 11) is -3.04. The zero-order chi connectivity index (χ0) is 17.6. The minimum absolute atomic E-state index is 0.0123. The zero-order valence-corrected chi connectivity index (χ0v) is 18.2. The van der Waals surface area contributed by atoms with E-state index in [2.05, 4.69) is 76.0 Å². The summed E-state index contributed by atoms with van der Waals surface area (Å²) < 4.78 is 24.2. The monoisotopic (exact) mass is 398 g/mol. The molecule has 0 saturated carbocycles. The first kappa shape index (κ1) is 22.6. The number of hydrogen-bond acceptors (Lipinski definition) is 2. The first-order valence-electron chi connectivity index (χ1n) is 8.34. The van der Waals surface area contributed by atoms with Crippen molar-refractivity contribution >= 4 is 23.6 Å². The van der Waals surface area contributed by atoms with Gasteiger partial charge in [-0.15, -0.1) is 0 Å². The standard InChI is InChI=1S/C16H36BrN2O2P/c1-9-11-18(14(2)3)22(20,21-13-16(6,7)8)19(12-10-17)15(4)5/h14-15H,9-13H2,1-8H3. The van der Waals surface area contributed by atoms with Gasteiger partial charge in [-0.1, -0.05) is 43.6 Å². The van der Waals surface area contributed by atoms with Crippen molar-refractivity contribution in [2.24, 2.45) is 5.41 Å². The van der Waals surface area contributed by atoms with E-state index >= 15 is 0 Å². The van der Waals surface area contributed by atoms with Gasteiger partial charge in [0.1, 0.15) is 0 Å². The first-order chi connectivity index (χ1) is 9.99. The molecule has 134 valence electrons. The van der Waals surface area contributed by atoms with Crippen molar-refractivity contribution in [1.29, 1.82) is 0 Å². The van der Waals surface area contributed by atoms with E-state index in [1.807, 2.05) is 4.67 Å². The Morgan fingerprint density at radius 3 is 1.82 bits per heavy atom. The lowest BCUT2D eigenvalue weighted by Gasteiger charge is -2.42. The number of halogens is 1. The molecular weight excluding hydrogens is 363 g/mol. The summed E-state index contributed by atoms with van der Waals surface area (Å²) in [5, 5.41) is 0.784. The number of alkyl halides is 1. The summed E-state index contributed by atoms with van der Waals surface area (Å²) in [5.41, 5.74) is -0.0123. The van der Waals surface area contributed by atoms with Gasteiger partial charge in [0.05, 0.1) is 6.61 Å². The highest BCUT2D eigenvalue weighted by molar-refractivity contribution is 9.09. The van der Waals surface area contributed by atoms with Crippen LogP contribution in [0.3, 0.4) is 0 Å². The van der Waals surface area contributed by atoms with Crippen molar-refractivity contribution < 1.29 is 9.09 Å². The van der Waals surface area contributed by atoms with E-state index in [1.165, 1.54) is 0 Å². The predicted molar refractivity (Wildman–Crippen MR) is 101 cm³/mol. The molecule has 0 rings (SSSR count). The van der Waals surface area contributed by atoms with Gasteiger partial charge in [0.25, 0.3) is 0 Å². The number of hydrogen-bond donors (Lipinski definition) is 0. The SMILES string of the molecule is CCCN(C(C)C)P(=O)(OCC(C)(C)C)N(CCBr)C(C)C. The molecule has 0 amide bonds. The van der Waals surface area contributed by atoms with Crippen LogP contribution in [-0.4, -0.2) is 46.5 Å². The van der Waals surface area contributed by atoms with Crippen molar-refractivity contribution in [2.45, 2.75) is 73.9 Å². The number of nitrogens with zero attached hydrogens (tertiary/aromatic N) is 2. The molecular formula is C16H36BrN2O2P. The largest absolute Gasteiger partial charge is 0.346 e. The summed E-state index contributed by atoms with van der Waals surface area (Å²) in [6, 6.07) is 0.351. The topological polar surface area (TPSA) is 32.8 Å². The van der Waals surface area contributed by atoms with Gasteiger partial charge in [0.15, 0.2) is 0 Å². The van der Waals surface area contributed by atoms with Gasteiger partial charge in [0, 0.05) is 30.5 Å². The van der Waals surface area contributed by atoms with Gasteiger partial charge in [-0.25, -0.2) is 9.34 Å². The van der Waals surface area contributed by atoms with Crippen LogP contribution >= 0.6 is 23.6 Å². The molecule has 0 spiro atoms. The van der Waals surface area contributed by atoms with E-state index in [1.54, 1.807) is 0 Å². The quantitative estimate of drug-likeness (QED) is 0.365. The molecule has 0 radical (unpaired) electrons. The van der Waals surface area contributed by atoms with Crippen LogP contribution < -0.4 is 0 Å². The normalized spacial score (nSPS) is 16.0. The average Bonchev–Trinajstić information content (AvgIpc) is 2.38. The third-order valence-electron chi connectivity index (χ3n) is 3.27. The fourth-order valence-electron chi connectivity index (χ4n) is 2.24. The highest BCUT2D eigenvalue weighted by Crippen LogP contribution is 2.57. The minimum atomic E-state index is -3.04. The van der Waals surface area contributed by atoms with E-state index in [0.717, 1.165) is 18.3 Å². The second-order valence-electron chi connectivity index (χ2n) is 7.53. The van der Waals surface area contributed by atoms with E-state index in [-0.39, 0.29) is 17.5 Å². The van der Waals surface area contributed by atoms with E-state index in [0.29, 0.717) is 13.2 Å². The van der Waals surface area contributed by atoms with Crippen LogP contribution in [0.25, 0.3) is 0 Å². The lowest BCUT2D eigenvalue weighted by atomic mass is 9.99. The minimum Gasteiger partial charge on any atom is -0.305 e. The van der Waals surface area contributed by atoms with Gasteiger partial charge < -0.3 is 4.52 Å². The molecule has 22 heavy (non-hydrogen) atoms. The Labute approximate surface area is 146 Å². The summed E-state index contributed by atoms with van der Waals surface area (Å²) in [6.07, 6.45) is 0.960. The molecule has 0 heterocycles. The molecule has 0 aromatic rings. The van der Waals surface area contributed by atoms with Crippen molar-refractivity contribution in [2.75, 3.05) is 25.0 Å². The molecule has 4 nitrogen and oxygen atoms in total. The van der Waals surface area contributed by atoms with Crippen LogP contribution in [0.1, 0.15) is 61.8 Å². The third-order valence-corrected chi connectivity index (χ3v) is 6.72. The Morgan fingerprint density at radius 1 is 1.05 bits per heavy atom. The Balaban J connectivity index is 5.64. The van der Waals surface area contributed by atoms with Gasteiger partial charge in [-0.3, -0.25) is 4.57 Å². The smallest absolute Gasteiger partial charge is 0.305 e. The molecule has 0 aromatic carbocycles. The molecule has 1 atom stereocenters. The summed E-state index contributed by atoms with van der Waals surface area (Å²) in [4.78, 5) is 0. The van der Waals surface area contributed by atoms with Gasteiger partial charge >= 0.3 is 7.67 Å². The van der Waals surface area contributed by atoms with Crippen LogP contribution in [0, 0.1) is 5.41 Å². The van der Waals surface area contributed by atoms with Crippen LogP contribution in [0.15, 0.2) is 0 Å². The lowest BCUT2D eigenvalue weighted by molar-refractivity contribution is 0.135. The molecule has 0 saturated heterocycles. The second-order valence-corrected chi connectivity index (χ2v) is 10.6. The predicted octanol–water partition coefficient (Wildman–Crippen LogP) is 5.38. The van der Waals surface area contributed by atoms with Crippen LogP contribution in [0.5, 0.6) is 0 Å². The van der Waals surface area contributed by atoms with Crippen molar-refractivity contribution in [1.82, 2.24) is 9.34 Å². The Morgan fingerprint density at radius 2 is 1.50 bits per heavy atom. The van der Waals surface area contributed by atoms with Crippen LogP contribution in [-0.2, 0) is 9.09 Å². The second kappa shape index (κ2) is 9.78. The molecule has 0 aliphatic heterocycles. The number of rotatable bonds is 10. The Hall–Kier alpha value is 0.590. The molecule has 0 N–H and O–H groups in total. The van der Waals surface area contributed by atoms with Crippen LogP contribution in [0.2, 0.25) is 0 Å². The van der Waals surface area contributed by atoms with Gasteiger partial charge in [0.2, 0.25) is 0 Å². The maximum absolute atomic E-state index is 13.9. The lowest BCUT2D eigenvalue weighted by Crippen LogP contribution is -2.41. The maximum Gasteiger partial charge on any atom is 0.346 e. The molecule has 0 aromatic heterocycles. The zero-order valence-electron chi connectivity index (χ0n) is 15.7. The van der Waals surface area contributed by atoms with Crippen molar-refractivity contribution in [3.8, 4) is 0 Å². The highest BCUT2D eigenvalue weighted by atomic mass is 79.9. The van der Waals surface area contributed by atoms with Gasteiger partial charge in [-0.2, -0.15) is 0 Å². The fourth-order valence-corrected chi connectivity index (χ4v) is 6.02. The molecule has 0 fully saturated rings. The molecule has 1 unspecified atom stereocenters. The Bertz CT molecular complexity index is 335. The van der Waals surface area contributed by atoms with E-state index < -0.39 is 7.67 Å². The third kappa shape index (κ3) is 7.00. The molecule has 0 aliphatic carbocycles. The molecule has 6 heteroatoms. The van der Waals surface area contributed by atoms with E-state index in [4.69, 9.17) is 4.52 Å². The maximum atomic E-state index is 13.9. The first-order valence-corrected chi connectivity index (χ1v) is 11.0. The van der Waals surface area contributed by atoms with E-state index in [9.17, 15) is 4.57 Å². The highest BCUT2D eigenvalue weighted by Gasteiger charge is 2.41.